The Morgan fingerprint density at radius 2 is 1.85 bits per heavy atom. The summed E-state index contributed by atoms with van der Waals surface area (Å²) in [6, 6.07) is 2.92. The molecule has 1 aliphatic rings. The molecule has 0 aliphatic carbocycles. The highest BCUT2D eigenvalue weighted by Crippen LogP contribution is 2.27. The Bertz CT molecular complexity index is 528. The maximum absolute atomic E-state index is 12.4. The van der Waals surface area contributed by atoms with E-state index in [0.717, 1.165) is 25.3 Å². The topological polar surface area (TPSA) is 98.1 Å². The minimum atomic E-state index is -1.01. The third kappa shape index (κ3) is 2.84. The number of benzene rings is 1. The summed E-state index contributed by atoms with van der Waals surface area (Å²) in [7, 11) is 0. The number of amides is 1. The number of aliphatic carboxylic acids is 1. The largest absolute Gasteiger partial charge is 0.504 e. The van der Waals surface area contributed by atoms with Crippen molar-refractivity contribution in [1.29, 1.82) is 0 Å². The Morgan fingerprint density at radius 1 is 1.10 bits per heavy atom. The van der Waals surface area contributed by atoms with Gasteiger partial charge in [-0.05, 0) is 31.0 Å². The average Bonchev–Trinajstić information content (AvgIpc) is 2.66. The monoisotopic (exact) mass is 279 g/mol. The lowest BCUT2D eigenvalue weighted by Gasteiger charge is -2.27. The van der Waals surface area contributed by atoms with Gasteiger partial charge in [0.25, 0.3) is 5.91 Å². The quantitative estimate of drug-likeness (QED) is 0.714. The molecule has 1 fully saturated rings. The Kier molecular flexibility index (Phi) is 4.12. The minimum Gasteiger partial charge on any atom is -0.504 e. The molecular weight excluding hydrogens is 262 g/mol. The first kappa shape index (κ1) is 14.2. The molecule has 0 radical (unpaired) electrons. The number of hydrogen-bond donors (Lipinski definition) is 3. The van der Waals surface area contributed by atoms with Crippen molar-refractivity contribution in [3.63, 3.8) is 0 Å². The molecule has 1 aliphatic heterocycles. The number of carbonyl (C=O) groups excluding carboxylic acids is 1. The van der Waals surface area contributed by atoms with Crippen LogP contribution in [0.2, 0.25) is 0 Å². The van der Waals surface area contributed by atoms with Crippen molar-refractivity contribution < 1.29 is 24.9 Å². The lowest BCUT2D eigenvalue weighted by atomic mass is 10.1. The third-order valence-corrected chi connectivity index (χ3v) is 3.52. The molecule has 6 nitrogen and oxygen atoms in total. The molecule has 1 heterocycles. The van der Waals surface area contributed by atoms with E-state index in [-0.39, 0.29) is 11.3 Å². The van der Waals surface area contributed by atoms with E-state index in [1.807, 2.05) is 0 Å². The number of carboxylic acids is 1. The molecule has 108 valence electrons. The predicted molar refractivity (Wildman–Crippen MR) is 70.7 cm³/mol. The van der Waals surface area contributed by atoms with Gasteiger partial charge in [0.2, 0.25) is 0 Å². The Hall–Kier alpha value is -2.24. The van der Waals surface area contributed by atoms with E-state index in [0.29, 0.717) is 13.0 Å². The van der Waals surface area contributed by atoms with Crippen LogP contribution in [-0.2, 0) is 4.79 Å². The number of hydrogen-bond acceptors (Lipinski definition) is 4. The van der Waals surface area contributed by atoms with E-state index in [2.05, 4.69) is 0 Å². The van der Waals surface area contributed by atoms with Crippen LogP contribution in [0.1, 0.15) is 36.0 Å². The molecule has 0 spiro atoms. The molecule has 1 aromatic carbocycles. The number of carbonyl (C=O) groups is 2. The maximum Gasteiger partial charge on any atom is 0.326 e. The maximum atomic E-state index is 12.4. The Labute approximate surface area is 116 Å². The van der Waals surface area contributed by atoms with E-state index >= 15 is 0 Å². The van der Waals surface area contributed by atoms with Gasteiger partial charge in [0.1, 0.15) is 6.04 Å². The molecule has 0 bridgehead atoms. The summed E-state index contributed by atoms with van der Waals surface area (Å²) in [4.78, 5) is 25.0. The van der Waals surface area contributed by atoms with Crippen LogP contribution in [0.15, 0.2) is 18.2 Å². The van der Waals surface area contributed by atoms with Crippen molar-refractivity contribution in [3.8, 4) is 11.5 Å². The van der Waals surface area contributed by atoms with Crippen LogP contribution in [0, 0.1) is 0 Å². The molecule has 1 saturated heterocycles. The van der Waals surface area contributed by atoms with Crippen molar-refractivity contribution in [2.24, 2.45) is 0 Å². The summed E-state index contributed by atoms with van der Waals surface area (Å²) in [6.07, 6.45) is 2.88. The van der Waals surface area contributed by atoms with Gasteiger partial charge in [-0.15, -0.1) is 0 Å². The van der Waals surface area contributed by atoms with Crippen molar-refractivity contribution in [2.45, 2.75) is 31.7 Å². The number of carboxylic acid groups (broad SMARTS) is 1. The van der Waals surface area contributed by atoms with Crippen LogP contribution >= 0.6 is 0 Å². The fourth-order valence-corrected chi connectivity index (χ4v) is 2.43. The highest BCUT2D eigenvalue weighted by atomic mass is 16.4. The van der Waals surface area contributed by atoms with Crippen LogP contribution < -0.4 is 0 Å². The van der Waals surface area contributed by atoms with Crippen LogP contribution in [0.4, 0.5) is 0 Å². The smallest absolute Gasteiger partial charge is 0.326 e. The van der Waals surface area contributed by atoms with Crippen molar-refractivity contribution in [1.82, 2.24) is 4.90 Å². The summed E-state index contributed by atoms with van der Waals surface area (Å²) < 4.78 is 0. The summed E-state index contributed by atoms with van der Waals surface area (Å²) in [5, 5.41) is 27.9. The second-order valence-electron chi connectivity index (χ2n) is 4.91. The standard InChI is InChI=1S/C14H17NO5/c16-11-6-5-9(8-12(11)17)13(18)15-7-3-1-2-4-10(15)14(19)20/h5-6,8,10,16-17H,1-4,7H2,(H,19,20). The molecule has 0 saturated carbocycles. The lowest BCUT2D eigenvalue weighted by molar-refractivity contribution is -0.142. The van der Waals surface area contributed by atoms with E-state index in [9.17, 15) is 24.9 Å². The van der Waals surface area contributed by atoms with Gasteiger partial charge < -0.3 is 20.2 Å². The van der Waals surface area contributed by atoms with Crippen LogP contribution in [0.5, 0.6) is 11.5 Å². The number of aromatic hydroxyl groups is 2. The van der Waals surface area contributed by atoms with Gasteiger partial charge in [-0.25, -0.2) is 4.79 Å². The zero-order valence-electron chi connectivity index (χ0n) is 11.0. The molecule has 6 heteroatoms. The molecule has 3 N–H and O–H groups in total. The van der Waals surface area contributed by atoms with Crippen molar-refractivity contribution >= 4 is 11.9 Å². The van der Waals surface area contributed by atoms with E-state index in [1.54, 1.807) is 0 Å². The average molecular weight is 279 g/mol. The minimum absolute atomic E-state index is 0.174. The summed E-state index contributed by atoms with van der Waals surface area (Å²) in [6.45, 7) is 0.386. The number of phenols is 2. The molecule has 1 amide bonds. The molecule has 20 heavy (non-hydrogen) atoms. The summed E-state index contributed by atoms with van der Waals surface area (Å²) in [5.41, 5.74) is 0.174. The van der Waals surface area contributed by atoms with E-state index < -0.39 is 23.7 Å². The molecule has 1 unspecified atom stereocenters. The highest BCUT2D eigenvalue weighted by molar-refractivity contribution is 5.97. The molecular formula is C14H17NO5. The molecule has 1 aromatic rings. The van der Waals surface area contributed by atoms with Gasteiger partial charge in [-0.1, -0.05) is 12.8 Å². The van der Waals surface area contributed by atoms with Crippen LogP contribution in [0.25, 0.3) is 0 Å². The van der Waals surface area contributed by atoms with Crippen LogP contribution in [-0.4, -0.2) is 44.7 Å². The van der Waals surface area contributed by atoms with Gasteiger partial charge in [0.05, 0.1) is 0 Å². The van der Waals surface area contributed by atoms with E-state index in [4.69, 9.17) is 0 Å². The summed E-state index contributed by atoms with van der Waals surface area (Å²) >= 11 is 0. The van der Waals surface area contributed by atoms with Gasteiger partial charge in [0.15, 0.2) is 11.5 Å². The number of likely N-dealkylation sites (tertiary alicyclic amines) is 1. The SMILES string of the molecule is O=C(O)C1CCCCCN1C(=O)c1ccc(O)c(O)c1. The fraction of sp³-hybridized carbons (Fsp3) is 0.429. The Morgan fingerprint density at radius 3 is 2.50 bits per heavy atom. The van der Waals surface area contributed by atoms with Gasteiger partial charge in [-0.2, -0.15) is 0 Å². The lowest BCUT2D eigenvalue weighted by Crippen LogP contribution is -2.44. The second kappa shape index (κ2) is 5.81. The van der Waals surface area contributed by atoms with Crippen molar-refractivity contribution in [2.75, 3.05) is 6.54 Å². The highest BCUT2D eigenvalue weighted by Gasteiger charge is 2.31. The predicted octanol–water partition coefficient (Wildman–Crippen LogP) is 1.57. The second-order valence-corrected chi connectivity index (χ2v) is 4.91. The first-order chi connectivity index (χ1) is 9.50. The molecule has 0 aromatic heterocycles. The van der Waals surface area contributed by atoms with Gasteiger partial charge in [-0.3, -0.25) is 4.79 Å². The van der Waals surface area contributed by atoms with E-state index in [1.165, 1.54) is 17.0 Å². The normalized spacial score (nSPS) is 19.4. The van der Waals surface area contributed by atoms with Gasteiger partial charge >= 0.3 is 5.97 Å². The Balaban J connectivity index is 2.28. The first-order valence-corrected chi connectivity index (χ1v) is 6.56. The fourth-order valence-electron chi connectivity index (χ4n) is 2.43. The van der Waals surface area contributed by atoms with Gasteiger partial charge in [0, 0.05) is 12.1 Å². The van der Waals surface area contributed by atoms with Crippen molar-refractivity contribution in [3.05, 3.63) is 23.8 Å². The molecule has 1 atom stereocenters. The number of rotatable bonds is 2. The third-order valence-electron chi connectivity index (χ3n) is 3.52. The number of phenolic OH excluding ortho intramolecular Hbond substituents is 2. The number of nitrogens with zero attached hydrogens (tertiary/aromatic N) is 1. The molecule has 2 rings (SSSR count). The zero-order chi connectivity index (χ0) is 14.7. The first-order valence-electron chi connectivity index (χ1n) is 6.56. The van der Waals surface area contributed by atoms with Crippen LogP contribution in [0.3, 0.4) is 0 Å². The summed E-state index contributed by atoms with van der Waals surface area (Å²) in [5.74, 6) is -2.15. The zero-order valence-corrected chi connectivity index (χ0v) is 11.0.